The molecule has 2 aromatic rings. The van der Waals surface area contributed by atoms with Crippen LogP contribution in [-0.2, 0) is 4.79 Å². The average molecular weight is 382 g/mol. The molecule has 2 N–H and O–H groups in total. The highest BCUT2D eigenvalue weighted by molar-refractivity contribution is 6.23. The lowest BCUT2D eigenvalue weighted by atomic mass is 9.98. The van der Waals surface area contributed by atoms with E-state index in [9.17, 15) is 14.4 Å². The van der Waals surface area contributed by atoms with E-state index >= 15 is 0 Å². The second-order valence-electron chi connectivity index (χ2n) is 6.51. The number of ether oxygens (including phenoxy) is 2. The smallest absolute Gasteiger partial charge is 0.264 e. The largest absolute Gasteiger partial charge is 0.497 e. The second-order valence-corrected chi connectivity index (χ2v) is 6.51. The highest BCUT2D eigenvalue weighted by Crippen LogP contribution is 2.40. The highest BCUT2D eigenvalue weighted by atomic mass is 16.5. The van der Waals surface area contributed by atoms with Gasteiger partial charge >= 0.3 is 0 Å². The zero-order valence-electron chi connectivity index (χ0n) is 16.0. The molecule has 1 aliphatic heterocycles. The summed E-state index contributed by atoms with van der Waals surface area (Å²) in [6.07, 6.45) is -0.0300. The molecule has 0 bridgehead atoms. The molecule has 1 unspecified atom stereocenters. The van der Waals surface area contributed by atoms with Crippen molar-refractivity contribution in [1.29, 1.82) is 0 Å². The van der Waals surface area contributed by atoms with Gasteiger partial charge in [-0.3, -0.25) is 19.3 Å². The Morgan fingerprint density at radius 2 is 1.93 bits per heavy atom. The minimum Gasteiger partial charge on any atom is -0.497 e. The molecular formula is C21H22N2O5. The summed E-state index contributed by atoms with van der Waals surface area (Å²) in [4.78, 5) is 39.2. The van der Waals surface area contributed by atoms with E-state index in [0.717, 1.165) is 4.90 Å². The van der Waals surface area contributed by atoms with Crippen molar-refractivity contribution in [1.82, 2.24) is 4.90 Å². The Hall–Kier alpha value is -3.35. The van der Waals surface area contributed by atoms with E-state index in [4.69, 9.17) is 15.2 Å². The van der Waals surface area contributed by atoms with E-state index in [2.05, 4.69) is 0 Å². The van der Waals surface area contributed by atoms with Crippen LogP contribution in [0.1, 0.15) is 52.6 Å². The van der Waals surface area contributed by atoms with Gasteiger partial charge in [-0.1, -0.05) is 6.07 Å². The highest BCUT2D eigenvalue weighted by Gasteiger charge is 2.42. The molecule has 0 aliphatic carbocycles. The van der Waals surface area contributed by atoms with Gasteiger partial charge in [-0.05, 0) is 38.1 Å². The molecule has 2 amide bonds. The molecule has 0 radical (unpaired) electrons. The Balaban J connectivity index is 2.13. The minimum absolute atomic E-state index is 0.0300. The van der Waals surface area contributed by atoms with Gasteiger partial charge in [0.15, 0.2) is 0 Å². The topological polar surface area (TPSA) is 98.9 Å². The molecule has 1 aliphatic rings. The van der Waals surface area contributed by atoms with Gasteiger partial charge in [-0.15, -0.1) is 0 Å². The van der Waals surface area contributed by atoms with Crippen molar-refractivity contribution >= 4 is 23.3 Å². The van der Waals surface area contributed by atoms with E-state index in [1.165, 1.54) is 14.0 Å². The molecule has 1 atom stereocenters. The fraction of sp³-hybridized carbons (Fsp3) is 0.286. The molecule has 28 heavy (non-hydrogen) atoms. The number of ketones is 1. The van der Waals surface area contributed by atoms with E-state index in [1.54, 1.807) is 36.4 Å². The zero-order chi connectivity index (χ0) is 20.4. The number of amides is 2. The molecular weight excluding hydrogens is 360 g/mol. The van der Waals surface area contributed by atoms with E-state index < -0.39 is 17.9 Å². The van der Waals surface area contributed by atoms with Crippen molar-refractivity contribution in [2.75, 3.05) is 19.5 Å². The number of carbonyl (C=O) groups excluding carboxylic acids is 3. The number of nitrogens with zero attached hydrogens (tertiary/aromatic N) is 1. The number of anilines is 1. The molecule has 2 aromatic carbocycles. The van der Waals surface area contributed by atoms with Crippen LogP contribution in [0.3, 0.4) is 0 Å². The predicted molar refractivity (Wildman–Crippen MR) is 104 cm³/mol. The van der Waals surface area contributed by atoms with Crippen molar-refractivity contribution in [3.05, 3.63) is 53.1 Å². The molecule has 0 fully saturated rings. The van der Waals surface area contributed by atoms with Crippen LogP contribution < -0.4 is 15.2 Å². The first-order chi connectivity index (χ1) is 13.4. The number of hydrogen-bond acceptors (Lipinski definition) is 6. The number of methoxy groups -OCH3 is 1. The summed E-state index contributed by atoms with van der Waals surface area (Å²) in [7, 11) is 1.53. The van der Waals surface area contributed by atoms with Crippen molar-refractivity contribution in [3.63, 3.8) is 0 Å². The Kier molecular flexibility index (Phi) is 5.35. The number of hydrogen-bond donors (Lipinski definition) is 1. The number of nitrogens with two attached hydrogens (primary N) is 1. The summed E-state index contributed by atoms with van der Waals surface area (Å²) in [5, 5.41) is 0. The van der Waals surface area contributed by atoms with Crippen LogP contribution in [0.25, 0.3) is 0 Å². The zero-order valence-corrected chi connectivity index (χ0v) is 16.0. The van der Waals surface area contributed by atoms with E-state index in [0.29, 0.717) is 23.7 Å². The lowest BCUT2D eigenvalue weighted by molar-refractivity contribution is -0.117. The van der Waals surface area contributed by atoms with Crippen molar-refractivity contribution < 1.29 is 23.9 Å². The maximum Gasteiger partial charge on any atom is 0.264 e. The van der Waals surface area contributed by atoms with Gasteiger partial charge in [0.1, 0.15) is 17.3 Å². The maximum absolute atomic E-state index is 13.1. The number of benzene rings is 2. The first-order valence-electron chi connectivity index (χ1n) is 8.95. The molecule has 146 valence electrons. The Morgan fingerprint density at radius 3 is 2.54 bits per heavy atom. The normalized spacial score (nSPS) is 14.0. The van der Waals surface area contributed by atoms with Gasteiger partial charge in [-0.2, -0.15) is 0 Å². The molecule has 7 heteroatoms. The molecule has 0 spiro atoms. The summed E-state index contributed by atoms with van der Waals surface area (Å²) in [5.41, 5.74) is 7.15. The standard InChI is InChI=1S/C21H22N2O5/c1-4-28-18-11-13(27-3)8-9-14(18)17(10-12(2)24)23-20(25)15-6-5-7-16(22)19(15)21(23)26/h5-9,11,17H,4,10,22H2,1-3H3. The van der Waals surface area contributed by atoms with Crippen molar-refractivity contribution in [3.8, 4) is 11.5 Å². The number of Topliss-reactive ketones (excluding diaryl/α,β-unsaturated/α-hetero) is 1. The summed E-state index contributed by atoms with van der Waals surface area (Å²) >= 11 is 0. The third-order valence-electron chi connectivity index (χ3n) is 4.65. The molecule has 0 saturated carbocycles. The Labute approximate surface area is 163 Å². The van der Waals surface area contributed by atoms with Gasteiger partial charge < -0.3 is 15.2 Å². The molecule has 1 heterocycles. The molecule has 3 rings (SSSR count). The summed E-state index contributed by atoms with van der Waals surface area (Å²) in [6.45, 7) is 3.62. The van der Waals surface area contributed by atoms with Crippen LogP contribution in [0.2, 0.25) is 0 Å². The van der Waals surface area contributed by atoms with Gasteiger partial charge in [0, 0.05) is 23.7 Å². The molecule has 0 aromatic heterocycles. The van der Waals surface area contributed by atoms with E-state index in [1.807, 2.05) is 6.92 Å². The number of imide groups is 1. The summed E-state index contributed by atoms with van der Waals surface area (Å²) < 4.78 is 10.9. The third kappa shape index (κ3) is 3.31. The fourth-order valence-corrected chi connectivity index (χ4v) is 3.42. The molecule has 7 nitrogen and oxygen atoms in total. The number of carbonyl (C=O) groups is 3. The fourth-order valence-electron chi connectivity index (χ4n) is 3.42. The van der Waals surface area contributed by atoms with E-state index in [-0.39, 0.29) is 29.0 Å². The van der Waals surface area contributed by atoms with Crippen LogP contribution in [0.5, 0.6) is 11.5 Å². The van der Waals surface area contributed by atoms with Gasteiger partial charge in [-0.25, -0.2) is 0 Å². The van der Waals surface area contributed by atoms with Crippen LogP contribution in [0.15, 0.2) is 36.4 Å². The first kappa shape index (κ1) is 19.4. The lowest BCUT2D eigenvalue weighted by Crippen LogP contribution is -2.35. The maximum atomic E-state index is 13.1. The van der Waals surface area contributed by atoms with Crippen LogP contribution >= 0.6 is 0 Å². The van der Waals surface area contributed by atoms with Crippen molar-refractivity contribution in [2.45, 2.75) is 26.3 Å². The van der Waals surface area contributed by atoms with Gasteiger partial charge in [0.2, 0.25) is 0 Å². The van der Waals surface area contributed by atoms with Crippen LogP contribution in [-0.4, -0.2) is 36.2 Å². The summed E-state index contributed by atoms with van der Waals surface area (Å²) in [5.74, 6) is -0.120. The number of rotatable bonds is 7. The SMILES string of the molecule is CCOc1cc(OC)ccc1C(CC(C)=O)N1C(=O)c2cccc(N)c2C1=O. The third-order valence-corrected chi connectivity index (χ3v) is 4.65. The minimum atomic E-state index is -0.809. The Morgan fingerprint density at radius 1 is 1.18 bits per heavy atom. The first-order valence-corrected chi connectivity index (χ1v) is 8.95. The van der Waals surface area contributed by atoms with Crippen molar-refractivity contribution in [2.24, 2.45) is 0 Å². The summed E-state index contributed by atoms with van der Waals surface area (Å²) in [6, 6.07) is 9.06. The van der Waals surface area contributed by atoms with Gasteiger partial charge in [0.25, 0.3) is 11.8 Å². The van der Waals surface area contributed by atoms with Crippen LogP contribution in [0.4, 0.5) is 5.69 Å². The Bertz CT molecular complexity index is 954. The average Bonchev–Trinajstić information content (AvgIpc) is 2.92. The number of fused-ring (bicyclic) bond motifs is 1. The van der Waals surface area contributed by atoms with Gasteiger partial charge in [0.05, 0.1) is 30.9 Å². The monoisotopic (exact) mass is 382 g/mol. The number of nitrogen functional groups attached to an aromatic ring is 1. The van der Waals surface area contributed by atoms with Crippen LogP contribution in [0, 0.1) is 0 Å². The lowest BCUT2D eigenvalue weighted by Gasteiger charge is -2.27. The quantitative estimate of drug-likeness (QED) is 0.584. The molecule has 0 saturated heterocycles. The second kappa shape index (κ2) is 7.72. The predicted octanol–water partition coefficient (Wildman–Crippen LogP) is 2.99.